The molecule has 3 aliphatic rings. The summed E-state index contributed by atoms with van der Waals surface area (Å²) in [5.41, 5.74) is 3.21. The van der Waals surface area contributed by atoms with Crippen LogP contribution in [0.3, 0.4) is 0 Å². The minimum atomic E-state index is 0.800. The third kappa shape index (κ3) is 1.89. The molecule has 0 saturated carbocycles. The van der Waals surface area contributed by atoms with Gasteiger partial charge in [-0.3, -0.25) is 0 Å². The van der Waals surface area contributed by atoms with E-state index in [9.17, 15) is 0 Å². The molecule has 1 fully saturated rings. The molecule has 0 aromatic heterocycles. The fourth-order valence-electron chi connectivity index (χ4n) is 3.26. The van der Waals surface area contributed by atoms with E-state index in [2.05, 4.69) is 36.3 Å². The Morgan fingerprint density at radius 2 is 2.12 bits per heavy atom. The van der Waals surface area contributed by atoms with Crippen LogP contribution in [0, 0.1) is 11.8 Å². The van der Waals surface area contributed by atoms with Crippen LogP contribution in [-0.2, 0) is 0 Å². The first-order valence-electron chi connectivity index (χ1n) is 6.59. The topological polar surface area (TPSA) is 3.24 Å². The van der Waals surface area contributed by atoms with Gasteiger partial charge in [-0.15, -0.1) is 0 Å². The molecule has 1 heterocycles. The van der Waals surface area contributed by atoms with E-state index in [-0.39, 0.29) is 0 Å². The van der Waals surface area contributed by atoms with E-state index in [0.717, 1.165) is 11.8 Å². The van der Waals surface area contributed by atoms with Crippen molar-refractivity contribution in [1.82, 2.24) is 4.90 Å². The van der Waals surface area contributed by atoms with Gasteiger partial charge in [-0.2, -0.15) is 0 Å². The highest BCUT2D eigenvalue weighted by Gasteiger charge is 2.25. The molecular formula is C15H21N. The summed E-state index contributed by atoms with van der Waals surface area (Å²) in [6, 6.07) is 0. The first kappa shape index (κ1) is 10.3. The average Bonchev–Trinajstić information content (AvgIpc) is 2.75. The van der Waals surface area contributed by atoms with Gasteiger partial charge in [0.25, 0.3) is 0 Å². The maximum atomic E-state index is 2.51. The van der Waals surface area contributed by atoms with Crippen LogP contribution in [-0.4, -0.2) is 25.0 Å². The van der Waals surface area contributed by atoms with Gasteiger partial charge < -0.3 is 4.90 Å². The molecule has 1 aliphatic heterocycles. The summed E-state index contributed by atoms with van der Waals surface area (Å²) >= 11 is 0. The predicted molar refractivity (Wildman–Crippen MR) is 68.3 cm³/mol. The van der Waals surface area contributed by atoms with E-state index < -0.39 is 0 Å². The number of fused-ring (bicyclic) bond motifs is 1. The van der Waals surface area contributed by atoms with Gasteiger partial charge in [0, 0.05) is 6.54 Å². The Balaban J connectivity index is 1.78. The van der Waals surface area contributed by atoms with Crippen LogP contribution in [0.1, 0.15) is 25.7 Å². The lowest BCUT2D eigenvalue weighted by Gasteiger charge is -2.26. The molecule has 1 nitrogen and oxygen atoms in total. The van der Waals surface area contributed by atoms with Gasteiger partial charge in [0.05, 0.1) is 0 Å². The summed E-state index contributed by atoms with van der Waals surface area (Å²) in [5.74, 6) is 1.63. The van der Waals surface area contributed by atoms with Crippen LogP contribution in [0.5, 0.6) is 0 Å². The van der Waals surface area contributed by atoms with Crippen LogP contribution in [0.15, 0.2) is 35.5 Å². The molecule has 0 aromatic rings. The molecule has 2 atom stereocenters. The molecule has 0 aromatic carbocycles. The molecule has 2 aliphatic carbocycles. The molecule has 0 N–H and O–H groups in total. The Labute approximate surface area is 98.5 Å². The van der Waals surface area contributed by atoms with Gasteiger partial charge in [-0.05, 0) is 62.3 Å². The van der Waals surface area contributed by atoms with Gasteiger partial charge >= 0.3 is 0 Å². The van der Waals surface area contributed by atoms with Gasteiger partial charge in [-0.1, -0.05) is 24.3 Å². The minimum absolute atomic E-state index is 0.800. The number of hydrogen-bond donors (Lipinski definition) is 0. The van der Waals surface area contributed by atoms with Crippen molar-refractivity contribution in [3.8, 4) is 0 Å². The second kappa shape index (κ2) is 4.21. The fourth-order valence-corrected chi connectivity index (χ4v) is 3.26. The van der Waals surface area contributed by atoms with Crippen molar-refractivity contribution in [1.29, 1.82) is 0 Å². The van der Waals surface area contributed by atoms with Gasteiger partial charge in [0.2, 0.25) is 0 Å². The Bertz CT molecular complexity index is 362. The molecule has 2 unspecified atom stereocenters. The van der Waals surface area contributed by atoms with Crippen molar-refractivity contribution < 1.29 is 0 Å². The third-order valence-corrected chi connectivity index (χ3v) is 4.30. The molecule has 16 heavy (non-hydrogen) atoms. The highest BCUT2D eigenvalue weighted by molar-refractivity contribution is 5.39. The lowest BCUT2D eigenvalue weighted by atomic mass is 9.79. The van der Waals surface area contributed by atoms with E-state index in [1.165, 1.54) is 38.8 Å². The number of nitrogens with zero attached hydrogens (tertiary/aromatic N) is 1. The highest BCUT2D eigenvalue weighted by Crippen LogP contribution is 2.36. The summed E-state index contributed by atoms with van der Waals surface area (Å²) in [7, 11) is 2.24. The maximum absolute atomic E-state index is 2.51. The van der Waals surface area contributed by atoms with Crippen LogP contribution < -0.4 is 0 Å². The summed E-state index contributed by atoms with van der Waals surface area (Å²) in [6.45, 7) is 2.52. The standard InChI is InChI=1S/C15H21N/c1-16-9-8-15(11-16)14-7-6-12-4-2-3-5-13(12)10-14/h3,5,7,10,12,15H,2,4,6,8-9,11H2,1H3. The molecule has 0 radical (unpaired) electrons. The minimum Gasteiger partial charge on any atom is -0.306 e. The second-order valence-corrected chi connectivity index (χ2v) is 5.51. The lowest BCUT2D eigenvalue weighted by molar-refractivity contribution is 0.405. The maximum Gasteiger partial charge on any atom is 0.00476 e. The van der Waals surface area contributed by atoms with Crippen molar-refractivity contribution >= 4 is 0 Å². The molecule has 86 valence electrons. The summed E-state index contributed by atoms with van der Waals surface area (Å²) in [4.78, 5) is 2.45. The van der Waals surface area contributed by atoms with E-state index in [1.807, 2.05) is 0 Å². The third-order valence-electron chi connectivity index (χ3n) is 4.30. The Morgan fingerprint density at radius 3 is 2.94 bits per heavy atom. The number of allylic oxidation sites excluding steroid dienone is 5. The van der Waals surface area contributed by atoms with E-state index in [1.54, 1.807) is 11.1 Å². The number of likely N-dealkylation sites (tertiary alicyclic amines) is 1. The quantitative estimate of drug-likeness (QED) is 0.649. The zero-order valence-electron chi connectivity index (χ0n) is 10.2. The monoisotopic (exact) mass is 215 g/mol. The number of hydrogen-bond acceptors (Lipinski definition) is 1. The van der Waals surface area contributed by atoms with Crippen molar-refractivity contribution in [2.45, 2.75) is 25.7 Å². The number of rotatable bonds is 1. The van der Waals surface area contributed by atoms with Crippen LogP contribution in [0.25, 0.3) is 0 Å². The zero-order valence-corrected chi connectivity index (χ0v) is 10.2. The van der Waals surface area contributed by atoms with Crippen molar-refractivity contribution in [3.05, 3.63) is 35.5 Å². The highest BCUT2D eigenvalue weighted by atomic mass is 15.1. The fraction of sp³-hybridized carbons (Fsp3) is 0.600. The van der Waals surface area contributed by atoms with Gasteiger partial charge in [-0.25, -0.2) is 0 Å². The zero-order chi connectivity index (χ0) is 11.0. The Morgan fingerprint density at radius 1 is 1.19 bits per heavy atom. The molecule has 0 amide bonds. The normalized spacial score (nSPS) is 34.6. The van der Waals surface area contributed by atoms with Crippen LogP contribution >= 0.6 is 0 Å². The second-order valence-electron chi connectivity index (χ2n) is 5.51. The SMILES string of the molecule is CN1CCC(C2=CCC3CCC=CC3=C2)C1. The van der Waals surface area contributed by atoms with Gasteiger partial charge in [0.15, 0.2) is 0 Å². The molecule has 0 spiro atoms. The average molecular weight is 215 g/mol. The summed E-state index contributed by atoms with van der Waals surface area (Å²) in [6.07, 6.45) is 15.0. The Hall–Kier alpha value is -0.820. The van der Waals surface area contributed by atoms with Crippen molar-refractivity contribution in [2.24, 2.45) is 11.8 Å². The largest absolute Gasteiger partial charge is 0.306 e. The van der Waals surface area contributed by atoms with E-state index in [4.69, 9.17) is 0 Å². The molecule has 3 rings (SSSR count). The molecule has 0 bridgehead atoms. The first-order chi connectivity index (χ1) is 7.83. The van der Waals surface area contributed by atoms with Crippen molar-refractivity contribution in [2.75, 3.05) is 20.1 Å². The smallest absolute Gasteiger partial charge is 0.00476 e. The lowest BCUT2D eigenvalue weighted by Crippen LogP contribution is -2.16. The van der Waals surface area contributed by atoms with E-state index >= 15 is 0 Å². The Kier molecular flexibility index (Phi) is 2.72. The van der Waals surface area contributed by atoms with Crippen LogP contribution in [0.4, 0.5) is 0 Å². The molecule has 1 heteroatoms. The first-order valence-corrected chi connectivity index (χ1v) is 6.59. The van der Waals surface area contributed by atoms with Gasteiger partial charge in [0.1, 0.15) is 0 Å². The summed E-state index contributed by atoms with van der Waals surface area (Å²) in [5, 5.41) is 0. The predicted octanol–water partition coefficient (Wildman–Crippen LogP) is 3.16. The summed E-state index contributed by atoms with van der Waals surface area (Å²) < 4.78 is 0. The molecular weight excluding hydrogens is 194 g/mol. The van der Waals surface area contributed by atoms with Crippen molar-refractivity contribution in [3.63, 3.8) is 0 Å². The van der Waals surface area contributed by atoms with Crippen LogP contribution in [0.2, 0.25) is 0 Å². The molecule has 1 saturated heterocycles. The van der Waals surface area contributed by atoms with E-state index in [0.29, 0.717) is 0 Å².